The van der Waals surface area contributed by atoms with E-state index in [1.807, 2.05) is 6.07 Å². The summed E-state index contributed by atoms with van der Waals surface area (Å²) in [6.07, 6.45) is 5.42. The Kier molecular flexibility index (Phi) is 4.34. The number of ether oxygens (including phenoxy) is 1. The maximum atomic E-state index is 5.88. The van der Waals surface area contributed by atoms with Crippen LogP contribution in [0.3, 0.4) is 0 Å². The van der Waals surface area contributed by atoms with E-state index in [1.54, 1.807) is 0 Å². The van der Waals surface area contributed by atoms with Crippen LogP contribution in [0.4, 0.5) is 0 Å². The van der Waals surface area contributed by atoms with E-state index in [2.05, 4.69) is 53.4 Å². The van der Waals surface area contributed by atoms with Crippen molar-refractivity contribution in [2.45, 2.75) is 38.3 Å². The number of hydrogen-bond acceptors (Lipinski definition) is 2. The van der Waals surface area contributed by atoms with Crippen LogP contribution in [0.25, 0.3) is 0 Å². The Bertz CT molecular complexity index is 614. The van der Waals surface area contributed by atoms with Gasteiger partial charge in [0.25, 0.3) is 0 Å². The molecule has 0 spiro atoms. The second-order valence-electron chi connectivity index (χ2n) is 6.99. The lowest BCUT2D eigenvalue weighted by Gasteiger charge is -2.45. The second kappa shape index (κ2) is 6.76. The fraction of sp³-hybridized carbons (Fsp3) is 0.429. The van der Waals surface area contributed by atoms with E-state index in [1.165, 1.54) is 49.9 Å². The largest absolute Gasteiger partial charge is 0.489 e. The monoisotopic (exact) mass is 307 g/mol. The minimum atomic E-state index is 0.637. The summed E-state index contributed by atoms with van der Waals surface area (Å²) in [6.45, 7) is 3.26. The Morgan fingerprint density at radius 1 is 0.870 bits per heavy atom. The zero-order valence-corrected chi connectivity index (χ0v) is 13.7. The van der Waals surface area contributed by atoms with Gasteiger partial charge in [-0.05, 0) is 68.0 Å². The second-order valence-corrected chi connectivity index (χ2v) is 6.99. The Hall–Kier alpha value is -1.80. The smallest absolute Gasteiger partial charge is 0.119 e. The standard InChI is InChI=1S/C21H25NO/c1-2-4-19(5-3-1)16-23-21-8-6-17(7-9-21)14-20-15-18-10-12-22(20)13-11-18/h1-9,18,20H,10-16H2. The summed E-state index contributed by atoms with van der Waals surface area (Å²) in [5, 5.41) is 0. The first-order chi connectivity index (χ1) is 11.4. The Morgan fingerprint density at radius 2 is 1.61 bits per heavy atom. The summed E-state index contributed by atoms with van der Waals surface area (Å²) in [7, 11) is 0. The molecule has 0 saturated carbocycles. The minimum absolute atomic E-state index is 0.637. The molecule has 3 saturated heterocycles. The highest BCUT2D eigenvalue weighted by atomic mass is 16.5. The van der Waals surface area contributed by atoms with Gasteiger partial charge in [0.1, 0.15) is 12.4 Å². The molecule has 1 atom stereocenters. The van der Waals surface area contributed by atoms with E-state index in [4.69, 9.17) is 4.74 Å². The fourth-order valence-electron chi connectivity index (χ4n) is 4.03. The highest BCUT2D eigenvalue weighted by molar-refractivity contribution is 5.28. The first-order valence-corrected chi connectivity index (χ1v) is 8.86. The van der Waals surface area contributed by atoms with Gasteiger partial charge >= 0.3 is 0 Å². The highest BCUT2D eigenvalue weighted by Crippen LogP contribution is 2.33. The normalized spacial score (nSPS) is 26.2. The van der Waals surface area contributed by atoms with Gasteiger partial charge in [-0.3, -0.25) is 0 Å². The van der Waals surface area contributed by atoms with Gasteiger partial charge in [-0.25, -0.2) is 0 Å². The summed E-state index contributed by atoms with van der Waals surface area (Å²) in [6, 6.07) is 19.8. The van der Waals surface area contributed by atoms with Crippen LogP contribution in [0.2, 0.25) is 0 Å². The molecule has 1 unspecified atom stereocenters. The molecular weight excluding hydrogens is 282 g/mol. The number of hydrogen-bond donors (Lipinski definition) is 0. The lowest BCUT2D eigenvalue weighted by Crippen LogP contribution is -2.49. The number of piperidine rings is 3. The molecule has 23 heavy (non-hydrogen) atoms. The van der Waals surface area contributed by atoms with Gasteiger partial charge in [-0.15, -0.1) is 0 Å². The zero-order valence-electron chi connectivity index (χ0n) is 13.7. The fourth-order valence-corrected chi connectivity index (χ4v) is 4.03. The van der Waals surface area contributed by atoms with Gasteiger partial charge in [-0.1, -0.05) is 42.5 Å². The van der Waals surface area contributed by atoms with E-state index >= 15 is 0 Å². The maximum Gasteiger partial charge on any atom is 0.119 e. The van der Waals surface area contributed by atoms with Crippen LogP contribution in [0.5, 0.6) is 5.75 Å². The third-order valence-electron chi connectivity index (χ3n) is 5.41. The molecular formula is C21H25NO. The van der Waals surface area contributed by atoms with E-state index in [9.17, 15) is 0 Å². The summed E-state index contributed by atoms with van der Waals surface area (Å²) in [5.41, 5.74) is 2.65. The van der Waals surface area contributed by atoms with Crippen molar-refractivity contribution in [3.05, 3.63) is 65.7 Å². The molecule has 3 aliphatic rings. The molecule has 0 N–H and O–H groups in total. The molecule has 120 valence electrons. The molecule has 2 aromatic rings. The molecule has 2 heteroatoms. The van der Waals surface area contributed by atoms with Crippen LogP contribution < -0.4 is 4.74 Å². The van der Waals surface area contributed by atoms with Gasteiger partial charge in [0.15, 0.2) is 0 Å². The van der Waals surface area contributed by atoms with Gasteiger partial charge in [-0.2, -0.15) is 0 Å². The first-order valence-electron chi connectivity index (χ1n) is 8.86. The predicted molar refractivity (Wildman–Crippen MR) is 93.6 cm³/mol. The van der Waals surface area contributed by atoms with Crippen molar-refractivity contribution in [2.24, 2.45) is 5.92 Å². The van der Waals surface area contributed by atoms with Crippen LogP contribution >= 0.6 is 0 Å². The highest BCUT2D eigenvalue weighted by Gasteiger charge is 2.33. The molecule has 0 aromatic heterocycles. The zero-order chi connectivity index (χ0) is 15.5. The van der Waals surface area contributed by atoms with Gasteiger partial charge in [0.05, 0.1) is 0 Å². The van der Waals surface area contributed by atoms with Crippen molar-refractivity contribution in [3.63, 3.8) is 0 Å². The number of rotatable bonds is 5. The van der Waals surface area contributed by atoms with Crippen LogP contribution in [-0.2, 0) is 13.0 Å². The van der Waals surface area contributed by atoms with E-state index in [-0.39, 0.29) is 0 Å². The average Bonchev–Trinajstić information content (AvgIpc) is 2.63. The molecule has 0 radical (unpaired) electrons. The summed E-state index contributed by atoms with van der Waals surface area (Å²) in [5.74, 6) is 1.95. The Balaban J connectivity index is 1.33. The van der Waals surface area contributed by atoms with Crippen LogP contribution in [0.1, 0.15) is 30.4 Å². The maximum absolute atomic E-state index is 5.88. The van der Waals surface area contributed by atoms with Crippen molar-refractivity contribution >= 4 is 0 Å². The average molecular weight is 307 g/mol. The molecule has 2 bridgehead atoms. The summed E-state index contributed by atoms with van der Waals surface area (Å²) < 4.78 is 5.88. The third kappa shape index (κ3) is 3.59. The molecule has 2 nitrogen and oxygen atoms in total. The number of fused-ring (bicyclic) bond motifs is 3. The van der Waals surface area contributed by atoms with Crippen molar-refractivity contribution in [1.29, 1.82) is 0 Å². The first kappa shape index (κ1) is 14.8. The van der Waals surface area contributed by atoms with Crippen molar-refractivity contribution in [3.8, 4) is 5.75 Å². The molecule has 3 fully saturated rings. The minimum Gasteiger partial charge on any atom is -0.489 e. The van der Waals surface area contributed by atoms with Crippen LogP contribution in [0.15, 0.2) is 54.6 Å². The summed E-state index contributed by atoms with van der Waals surface area (Å²) in [4.78, 5) is 2.69. The van der Waals surface area contributed by atoms with Gasteiger partial charge in [0, 0.05) is 6.04 Å². The lowest BCUT2D eigenvalue weighted by atomic mass is 9.81. The Labute approximate surface area is 139 Å². The van der Waals surface area contributed by atoms with Crippen molar-refractivity contribution in [1.82, 2.24) is 4.90 Å². The third-order valence-corrected chi connectivity index (χ3v) is 5.41. The quantitative estimate of drug-likeness (QED) is 0.817. The van der Waals surface area contributed by atoms with Crippen molar-refractivity contribution in [2.75, 3.05) is 13.1 Å². The SMILES string of the molecule is c1ccc(COc2ccc(CC3CC4CCN3CC4)cc2)cc1. The lowest BCUT2D eigenvalue weighted by molar-refractivity contribution is 0.0498. The van der Waals surface area contributed by atoms with Gasteiger partial charge in [0.2, 0.25) is 0 Å². The van der Waals surface area contributed by atoms with Gasteiger partial charge < -0.3 is 9.64 Å². The molecule has 3 heterocycles. The topological polar surface area (TPSA) is 12.5 Å². The van der Waals surface area contributed by atoms with E-state index in [0.29, 0.717) is 6.61 Å². The predicted octanol–water partition coefficient (Wildman–Crippen LogP) is 4.29. The van der Waals surface area contributed by atoms with Crippen LogP contribution in [-0.4, -0.2) is 24.0 Å². The van der Waals surface area contributed by atoms with Crippen molar-refractivity contribution < 1.29 is 4.74 Å². The van der Waals surface area contributed by atoms with E-state index < -0.39 is 0 Å². The molecule has 0 amide bonds. The van der Waals surface area contributed by atoms with Crippen LogP contribution in [0, 0.1) is 5.92 Å². The molecule has 5 rings (SSSR count). The Morgan fingerprint density at radius 3 is 2.26 bits per heavy atom. The molecule has 3 aliphatic heterocycles. The molecule has 2 aromatic carbocycles. The summed E-state index contributed by atoms with van der Waals surface area (Å²) >= 11 is 0. The molecule has 0 aliphatic carbocycles. The number of nitrogens with zero attached hydrogens (tertiary/aromatic N) is 1. The number of benzene rings is 2. The van der Waals surface area contributed by atoms with E-state index in [0.717, 1.165) is 17.7 Å².